The summed E-state index contributed by atoms with van der Waals surface area (Å²) in [7, 11) is 2.68. The topological polar surface area (TPSA) is 58.6 Å². The van der Waals surface area contributed by atoms with E-state index in [1.54, 1.807) is 13.8 Å². The molecule has 7 heteroatoms. The Kier molecular flexibility index (Phi) is 5.78. The Labute approximate surface area is 121 Å². The molecule has 0 fully saturated rings. The summed E-state index contributed by atoms with van der Waals surface area (Å²) in [6.45, 7) is 3.40. The lowest BCUT2D eigenvalue weighted by atomic mass is 10.0. The number of halogens is 2. The van der Waals surface area contributed by atoms with Gasteiger partial charge in [-0.1, -0.05) is 19.9 Å². The molecule has 0 aliphatic rings. The molecule has 2 amide bonds. The molecule has 1 N–H and O–H groups in total. The molecule has 0 saturated heterocycles. The highest BCUT2D eigenvalue weighted by Gasteiger charge is 2.29. The zero-order chi connectivity index (χ0) is 16.2. The zero-order valence-electron chi connectivity index (χ0n) is 12.3. The van der Waals surface area contributed by atoms with Gasteiger partial charge in [-0.3, -0.25) is 14.4 Å². The van der Waals surface area contributed by atoms with Crippen molar-refractivity contribution in [3.63, 3.8) is 0 Å². The van der Waals surface area contributed by atoms with Gasteiger partial charge >= 0.3 is 0 Å². The first kappa shape index (κ1) is 17.0. The molecule has 5 nitrogen and oxygen atoms in total. The number of hydrogen-bond acceptors (Lipinski definition) is 3. The largest absolute Gasteiger partial charge is 0.340 e. The number of benzene rings is 1. The lowest BCUT2D eigenvalue weighted by Gasteiger charge is -2.25. The van der Waals surface area contributed by atoms with Crippen LogP contribution in [0, 0.1) is 17.6 Å². The van der Waals surface area contributed by atoms with Crippen LogP contribution in [-0.2, 0) is 9.63 Å². The normalized spacial score (nSPS) is 12.1. The first-order chi connectivity index (χ1) is 9.79. The average molecular weight is 300 g/mol. The first-order valence-electron chi connectivity index (χ1n) is 6.36. The van der Waals surface area contributed by atoms with Crippen LogP contribution in [0.3, 0.4) is 0 Å². The Morgan fingerprint density at radius 2 is 1.76 bits per heavy atom. The maximum Gasteiger partial charge on any atom is 0.268 e. The number of hydrogen-bond donors (Lipinski definition) is 1. The van der Waals surface area contributed by atoms with Gasteiger partial charge in [0.25, 0.3) is 11.8 Å². The Bertz CT molecular complexity index is 515. The van der Waals surface area contributed by atoms with Crippen molar-refractivity contribution in [2.45, 2.75) is 19.9 Å². The van der Waals surface area contributed by atoms with E-state index in [0.717, 1.165) is 23.3 Å². The maximum atomic E-state index is 13.6. The summed E-state index contributed by atoms with van der Waals surface area (Å²) >= 11 is 0. The lowest BCUT2D eigenvalue weighted by molar-refractivity contribution is -0.171. The van der Waals surface area contributed by atoms with Crippen LogP contribution in [0.2, 0.25) is 0 Å². The molecule has 1 rings (SSSR count). The van der Waals surface area contributed by atoms with E-state index in [9.17, 15) is 18.4 Å². The Balaban J connectivity index is 3.00. The number of carbonyl (C=O) groups excluding carboxylic acids is 2. The zero-order valence-corrected chi connectivity index (χ0v) is 12.3. The predicted molar refractivity (Wildman–Crippen MR) is 72.2 cm³/mol. The summed E-state index contributed by atoms with van der Waals surface area (Å²) in [5.74, 6) is -3.75. The van der Waals surface area contributed by atoms with Crippen molar-refractivity contribution in [1.82, 2.24) is 10.4 Å². The van der Waals surface area contributed by atoms with Gasteiger partial charge in [-0.25, -0.2) is 13.8 Å². The third-order valence-corrected chi connectivity index (χ3v) is 2.99. The minimum Gasteiger partial charge on any atom is -0.340 e. The molecule has 0 unspecified atom stereocenters. The highest BCUT2D eigenvalue weighted by atomic mass is 19.1. The van der Waals surface area contributed by atoms with Gasteiger partial charge in [0, 0.05) is 7.05 Å². The maximum absolute atomic E-state index is 13.6. The molecule has 116 valence electrons. The number of nitrogens with zero attached hydrogens (tertiary/aromatic N) is 1. The number of likely N-dealkylation sites (N-methyl/N-ethyl adjacent to an activating group) is 1. The second kappa shape index (κ2) is 7.12. The smallest absolute Gasteiger partial charge is 0.268 e. The van der Waals surface area contributed by atoms with E-state index in [1.165, 1.54) is 14.2 Å². The van der Waals surface area contributed by atoms with Crippen molar-refractivity contribution < 1.29 is 23.2 Å². The van der Waals surface area contributed by atoms with E-state index in [1.807, 2.05) is 0 Å². The fourth-order valence-electron chi connectivity index (χ4n) is 1.73. The summed E-state index contributed by atoms with van der Waals surface area (Å²) in [4.78, 5) is 28.8. The molecular weight excluding hydrogens is 282 g/mol. The van der Waals surface area contributed by atoms with Crippen LogP contribution in [0.1, 0.15) is 24.2 Å². The van der Waals surface area contributed by atoms with Crippen LogP contribution < -0.4 is 5.32 Å². The fourth-order valence-corrected chi connectivity index (χ4v) is 1.73. The van der Waals surface area contributed by atoms with Crippen LogP contribution >= 0.6 is 0 Å². The molecular formula is C14H18F2N2O3. The first-order valence-corrected chi connectivity index (χ1v) is 6.36. The molecule has 1 aromatic carbocycles. The highest BCUT2D eigenvalue weighted by Crippen LogP contribution is 2.13. The monoisotopic (exact) mass is 300 g/mol. The van der Waals surface area contributed by atoms with Gasteiger partial charge < -0.3 is 5.32 Å². The van der Waals surface area contributed by atoms with E-state index in [-0.39, 0.29) is 5.92 Å². The van der Waals surface area contributed by atoms with Gasteiger partial charge in [0.2, 0.25) is 0 Å². The molecule has 21 heavy (non-hydrogen) atoms. The minimum absolute atomic E-state index is 0.283. The third-order valence-electron chi connectivity index (χ3n) is 2.99. The molecule has 0 aliphatic carbocycles. The van der Waals surface area contributed by atoms with E-state index in [4.69, 9.17) is 4.84 Å². The van der Waals surface area contributed by atoms with Crippen molar-refractivity contribution >= 4 is 11.8 Å². The van der Waals surface area contributed by atoms with Gasteiger partial charge in [-0.2, -0.15) is 0 Å². The van der Waals surface area contributed by atoms with Crippen LogP contribution in [0.25, 0.3) is 0 Å². The second-order valence-corrected chi connectivity index (χ2v) is 4.81. The second-order valence-electron chi connectivity index (χ2n) is 4.81. The number of amides is 2. The molecule has 0 aliphatic heterocycles. The summed E-state index contributed by atoms with van der Waals surface area (Å²) in [6.07, 6.45) is 0. The summed E-state index contributed by atoms with van der Waals surface area (Å²) in [5.41, 5.74) is -0.712. The number of nitrogens with one attached hydrogen (secondary N) is 1. The van der Waals surface area contributed by atoms with Gasteiger partial charge in [0.1, 0.15) is 23.2 Å². The number of rotatable bonds is 5. The van der Waals surface area contributed by atoms with Crippen molar-refractivity contribution in [1.29, 1.82) is 0 Å². The SMILES string of the molecule is CON(C)C(=O)[C@@H](NC(=O)c1c(F)cccc1F)C(C)C. The van der Waals surface area contributed by atoms with Crippen LogP contribution in [0.15, 0.2) is 18.2 Å². The Morgan fingerprint density at radius 1 is 1.24 bits per heavy atom. The van der Waals surface area contributed by atoms with Crippen molar-refractivity contribution in [2.75, 3.05) is 14.2 Å². The lowest BCUT2D eigenvalue weighted by Crippen LogP contribution is -2.50. The molecule has 0 saturated carbocycles. The Morgan fingerprint density at radius 3 is 2.19 bits per heavy atom. The molecule has 1 atom stereocenters. The fraction of sp³-hybridized carbons (Fsp3) is 0.429. The predicted octanol–water partition coefficient (Wildman–Crippen LogP) is 1.74. The summed E-state index contributed by atoms with van der Waals surface area (Å²) in [5, 5.41) is 3.29. The van der Waals surface area contributed by atoms with E-state index < -0.39 is 35.1 Å². The molecule has 0 spiro atoms. The van der Waals surface area contributed by atoms with E-state index in [2.05, 4.69) is 5.32 Å². The number of carbonyl (C=O) groups is 2. The van der Waals surface area contributed by atoms with Crippen LogP contribution in [0.4, 0.5) is 8.78 Å². The van der Waals surface area contributed by atoms with Gasteiger partial charge in [-0.05, 0) is 18.1 Å². The van der Waals surface area contributed by atoms with Crippen molar-refractivity contribution in [3.8, 4) is 0 Å². The van der Waals surface area contributed by atoms with Crippen molar-refractivity contribution in [3.05, 3.63) is 35.4 Å². The van der Waals surface area contributed by atoms with E-state index >= 15 is 0 Å². The van der Waals surface area contributed by atoms with Crippen LogP contribution in [-0.4, -0.2) is 37.1 Å². The average Bonchev–Trinajstić information content (AvgIpc) is 2.42. The molecule has 1 aromatic rings. The van der Waals surface area contributed by atoms with E-state index in [0.29, 0.717) is 0 Å². The van der Waals surface area contributed by atoms with Gasteiger partial charge in [-0.15, -0.1) is 0 Å². The van der Waals surface area contributed by atoms with Crippen molar-refractivity contribution in [2.24, 2.45) is 5.92 Å². The van der Waals surface area contributed by atoms with Crippen LogP contribution in [0.5, 0.6) is 0 Å². The molecule has 0 heterocycles. The Hall–Kier alpha value is -2.02. The van der Waals surface area contributed by atoms with Gasteiger partial charge in [0.15, 0.2) is 0 Å². The molecule has 0 bridgehead atoms. The standard InChI is InChI=1S/C14H18F2N2O3/c1-8(2)12(14(20)18(3)21-4)17-13(19)11-9(15)6-5-7-10(11)16/h5-8,12H,1-4H3,(H,17,19)/t12-/m0/s1. The summed E-state index contributed by atoms with van der Waals surface area (Å²) in [6, 6.07) is 2.16. The third kappa shape index (κ3) is 3.98. The number of hydroxylamine groups is 2. The quantitative estimate of drug-likeness (QED) is 0.843. The molecule has 0 aromatic heterocycles. The summed E-state index contributed by atoms with van der Waals surface area (Å²) < 4.78 is 27.1. The molecule has 0 radical (unpaired) electrons. The highest BCUT2D eigenvalue weighted by molar-refractivity contribution is 5.97. The van der Waals surface area contributed by atoms with Gasteiger partial charge in [0.05, 0.1) is 7.11 Å². The minimum atomic E-state index is -0.984.